The van der Waals surface area contributed by atoms with Crippen molar-refractivity contribution in [3.63, 3.8) is 0 Å². The van der Waals surface area contributed by atoms with Crippen LogP contribution in [0.25, 0.3) is 0 Å². The highest BCUT2D eigenvalue weighted by Crippen LogP contribution is 2.43. The summed E-state index contributed by atoms with van der Waals surface area (Å²) in [7, 11) is 2.26. The van der Waals surface area contributed by atoms with Gasteiger partial charge in [-0.1, -0.05) is 39.3 Å². The molecule has 2 nitrogen and oxygen atoms in total. The number of rotatable bonds is 2. The van der Waals surface area contributed by atoms with Crippen molar-refractivity contribution in [2.45, 2.75) is 86.2 Å². The molecule has 0 amide bonds. The van der Waals surface area contributed by atoms with Gasteiger partial charge in [-0.3, -0.25) is 9.88 Å². The van der Waals surface area contributed by atoms with E-state index in [9.17, 15) is 0 Å². The van der Waals surface area contributed by atoms with Gasteiger partial charge < -0.3 is 0 Å². The fraction of sp³-hybridized carbons (Fsp3) is 0.682. The Hall–Kier alpha value is -1.15. The van der Waals surface area contributed by atoms with Gasteiger partial charge >= 0.3 is 0 Å². The summed E-state index contributed by atoms with van der Waals surface area (Å²) in [5, 5.41) is 0. The zero-order chi connectivity index (χ0) is 18.3. The van der Waals surface area contributed by atoms with E-state index in [0.717, 1.165) is 0 Å². The number of hydrogen-bond acceptors (Lipinski definition) is 2. The number of aryl methyl sites for hydroxylation is 1. The Balaban J connectivity index is 2.91. The van der Waals surface area contributed by atoms with Crippen LogP contribution in [-0.2, 0) is 0 Å². The molecule has 0 bridgehead atoms. The summed E-state index contributed by atoms with van der Waals surface area (Å²) in [6.45, 7) is 20.7. The SMILES string of the molecule is C/C1=C/C(C(C)C)c2c(C(C)C)nc(C)c(C)c2[C@H](C)N(C)[C@@H]1C. The molecule has 0 aromatic carbocycles. The lowest BCUT2D eigenvalue weighted by Crippen LogP contribution is -2.36. The summed E-state index contributed by atoms with van der Waals surface area (Å²) in [5.41, 5.74) is 8.35. The third kappa shape index (κ3) is 3.18. The number of fused-ring (bicyclic) bond motifs is 1. The Morgan fingerprint density at radius 1 is 0.958 bits per heavy atom. The van der Waals surface area contributed by atoms with Crippen LogP contribution in [0.4, 0.5) is 0 Å². The predicted molar refractivity (Wildman–Crippen MR) is 105 cm³/mol. The Kier molecular flexibility index (Phi) is 5.59. The molecule has 1 unspecified atom stereocenters. The van der Waals surface area contributed by atoms with Crippen LogP contribution in [-0.4, -0.2) is 23.0 Å². The van der Waals surface area contributed by atoms with Crippen molar-refractivity contribution in [1.82, 2.24) is 9.88 Å². The van der Waals surface area contributed by atoms with E-state index in [-0.39, 0.29) is 0 Å². The van der Waals surface area contributed by atoms with E-state index in [1.807, 2.05) is 0 Å². The lowest BCUT2D eigenvalue weighted by atomic mass is 9.76. The first-order valence-corrected chi connectivity index (χ1v) is 9.48. The van der Waals surface area contributed by atoms with Crippen molar-refractivity contribution in [3.8, 4) is 0 Å². The van der Waals surface area contributed by atoms with E-state index in [0.29, 0.717) is 29.8 Å². The Bertz CT molecular complexity index is 640. The number of allylic oxidation sites excluding steroid dienone is 1. The highest BCUT2D eigenvalue weighted by atomic mass is 15.2. The summed E-state index contributed by atoms with van der Waals surface area (Å²) in [5.74, 6) is 1.47. The van der Waals surface area contributed by atoms with Crippen LogP contribution in [0.1, 0.15) is 94.4 Å². The molecule has 0 radical (unpaired) electrons. The molecule has 2 heteroatoms. The van der Waals surface area contributed by atoms with Gasteiger partial charge in [-0.15, -0.1) is 0 Å². The zero-order valence-corrected chi connectivity index (χ0v) is 17.4. The number of nitrogens with zero attached hydrogens (tertiary/aromatic N) is 2. The topological polar surface area (TPSA) is 16.1 Å². The van der Waals surface area contributed by atoms with Gasteiger partial charge in [0.1, 0.15) is 0 Å². The maximum absolute atomic E-state index is 5.05. The second-order valence-corrected chi connectivity index (χ2v) is 8.39. The number of hydrogen-bond donors (Lipinski definition) is 0. The molecule has 0 aliphatic carbocycles. The van der Waals surface area contributed by atoms with Crippen molar-refractivity contribution >= 4 is 0 Å². The minimum Gasteiger partial charge on any atom is -0.293 e. The maximum Gasteiger partial charge on any atom is 0.0473 e. The van der Waals surface area contributed by atoms with Crippen molar-refractivity contribution in [2.24, 2.45) is 5.92 Å². The van der Waals surface area contributed by atoms with Gasteiger partial charge in [0.25, 0.3) is 0 Å². The third-order valence-electron chi connectivity index (χ3n) is 6.14. The highest BCUT2D eigenvalue weighted by Gasteiger charge is 2.32. The van der Waals surface area contributed by atoms with Crippen LogP contribution < -0.4 is 0 Å². The molecule has 1 aliphatic heterocycles. The van der Waals surface area contributed by atoms with Gasteiger partial charge in [0.2, 0.25) is 0 Å². The molecule has 134 valence electrons. The van der Waals surface area contributed by atoms with Crippen molar-refractivity contribution in [1.29, 1.82) is 0 Å². The molecule has 0 saturated heterocycles. The molecule has 0 N–H and O–H groups in total. The molecule has 2 heterocycles. The summed E-state index contributed by atoms with van der Waals surface area (Å²) >= 11 is 0. The zero-order valence-electron chi connectivity index (χ0n) is 17.4. The number of aromatic nitrogens is 1. The maximum atomic E-state index is 5.05. The van der Waals surface area contributed by atoms with E-state index in [4.69, 9.17) is 4.98 Å². The normalized spacial score (nSPS) is 27.7. The molecule has 2 rings (SSSR count). The van der Waals surface area contributed by atoms with Crippen LogP contribution >= 0.6 is 0 Å². The van der Waals surface area contributed by atoms with E-state index >= 15 is 0 Å². The summed E-state index contributed by atoms with van der Waals surface area (Å²) < 4.78 is 0. The second-order valence-electron chi connectivity index (χ2n) is 8.39. The smallest absolute Gasteiger partial charge is 0.0473 e. The van der Waals surface area contributed by atoms with Crippen LogP contribution in [0.3, 0.4) is 0 Å². The van der Waals surface area contributed by atoms with E-state index < -0.39 is 0 Å². The minimum absolute atomic E-state index is 0.402. The monoisotopic (exact) mass is 328 g/mol. The van der Waals surface area contributed by atoms with Gasteiger partial charge in [0.15, 0.2) is 0 Å². The number of pyridine rings is 1. The standard InChI is InChI=1S/C22H36N2/c1-12(2)19-11-14(5)17(8)24(10)18(9)20-15(6)16(7)23-22(13(3)4)21(19)20/h11-13,17-19H,1-10H3/b14-11-/t17-,18+,19?/m1/s1. The average molecular weight is 329 g/mol. The molecule has 0 saturated carbocycles. The van der Waals surface area contributed by atoms with Crippen LogP contribution in [0.5, 0.6) is 0 Å². The van der Waals surface area contributed by atoms with Gasteiger partial charge in [-0.05, 0) is 70.2 Å². The first kappa shape index (κ1) is 19.2. The van der Waals surface area contributed by atoms with Crippen LogP contribution in [0, 0.1) is 19.8 Å². The first-order chi connectivity index (χ1) is 11.1. The lowest BCUT2D eigenvalue weighted by molar-refractivity contribution is 0.215. The summed E-state index contributed by atoms with van der Waals surface area (Å²) in [6, 6.07) is 0.865. The first-order valence-electron chi connectivity index (χ1n) is 9.48. The third-order valence-corrected chi connectivity index (χ3v) is 6.14. The predicted octanol–water partition coefficient (Wildman–Crippen LogP) is 5.90. The minimum atomic E-state index is 0.402. The fourth-order valence-corrected chi connectivity index (χ4v) is 4.08. The molecule has 1 aromatic heterocycles. The quantitative estimate of drug-likeness (QED) is 0.628. The summed E-state index contributed by atoms with van der Waals surface area (Å²) in [6.07, 6.45) is 2.51. The van der Waals surface area contributed by atoms with Crippen molar-refractivity contribution in [3.05, 3.63) is 39.7 Å². The van der Waals surface area contributed by atoms with Crippen LogP contribution in [0.2, 0.25) is 0 Å². The van der Waals surface area contributed by atoms with Crippen LogP contribution in [0.15, 0.2) is 11.6 Å². The molecule has 1 aromatic rings. The largest absolute Gasteiger partial charge is 0.293 e. The molecular formula is C22H36N2. The van der Waals surface area contributed by atoms with Gasteiger partial charge in [-0.2, -0.15) is 0 Å². The molecule has 3 atom stereocenters. The Labute approximate surface area is 149 Å². The fourth-order valence-electron chi connectivity index (χ4n) is 4.08. The Morgan fingerprint density at radius 3 is 2.04 bits per heavy atom. The number of likely N-dealkylation sites (N-methyl/N-ethyl adjacent to an activating group) is 1. The second kappa shape index (κ2) is 7.00. The molecule has 0 spiro atoms. The van der Waals surface area contributed by atoms with Crippen molar-refractivity contribution < 1.29 is 0 Å². The molecule has 0 fully saturated rings. The average Bonchev–Trinajstić information content (AvgIpc) is 2.51. The van der Waals surface area contributed by atoms with Gasteiger partial charge in [-0.25, -0.2) is 0 Å². The Morgan fingerprint density at radius 2 is 1.54 bits per heavy atom. The molecular weight excluding hydrogens is 292 g/mol. The van der Waals surface area contributed by atoms with E-state index in [1.54, 1.807) is 0 Å². The summed E-state index contributed by atoms with van der Waals surface area (Å²) in [4.78, 5) is 7.56. The molecule has 24 heavy (non-hydrogen) atoms. The van der Waals surface area contributed by atoms with Gasteiger partial charge in [0.05, 0.1) is 0 Å². The van der Waals surface area contributed by atoms with E-state index in [2.05, 4.69) is 80.3 Å². The highest BCUT2D eigenvalue weighted by molar-refractivity contribution is 5.47. The van der Waals surface area contributed by atoms with Gasteiger partial charge in [0, 0.05) is 29.4 Å². The molecule has 1 aliphatic rings. The van der Waals surface area contributed by atoms with Crippen molar-refractivity contribution in [2.75, 3.05) is 7.05 Å². The van der Waals surface area contributed by atoms with E-state index in [1.165, 1.54) is 33.7 Å². The lowest BCUT2D eigenvalue weighted by Gasteiger charge is -2.39.